The second-order valence-electron chi connectivity index (χ2n) is 9.10. The van der Waals surface area contributed by atoms with Crippen molar-refractivity contribution >= 4 is 28.3 Å². The van der Waals surface area contributed by atoms with Crippen LogP contribution in [0.4, 0.5) is 5.69 Å². The largest absolute Gasteiger partial charge is 0.394 e. The Morgan fingerprint density at radius 1 is 1.19 bits per heavy atom. The van der Waals surface area contributed by atoms with E-state index in [4.69, 9.17) is 0 Å². The number of amides is 1. The third-order valence-electron chi connectivity index (χ3n) is 6.15. The standard InChI is InChI=1S/C26H31N3O3/c1-16(2)14-29-17(3)26(32)28-20(15-30)12-19-13-27-25-21(9-10-22(29)24(19)25)23(31)11-18-7-5-4-6-8-18/h4-10,13,16-17,20,27,30H,11-12,14-15H2,1-3H3,(H,28,32)/t17-,20-/m0/s1. The molecule has 168 valence electrons. The summed E-state index contributed by atoms with van der Waals surface area (Å²) in [7, 11) is 0. The number of hydrogen-bond donors (Lipinski definition) is 3. The van der Waals surface area contributed by atoms with Gasteiger partial charge in [-0.25, -0.2) is 0 Å². The lowest BCUT2D eigenvalue weighted by Gasteiger charge is -2.33. The highest BCUT2D eigenvalue weighted by Crippen LogP contribution is 2.35. The van der Waals surface area contributed by atoms with Crippen LogP contribution >= 0.6 is 0 Å². The van der Waals surface area contributed by atoms with Gasteiger partial charge in [0.15, 0.2) is 5.78 Å². The Morgan fingerprint density at radius 2 is 1.94 bits per heavy atom. The number of carbonyl (C=O) groups is 2. The van der Waals surface area contributed by atoms with E-state index in [1.807, 2.05) is 55.6 Å². The summed E-state index contributed by atoms with van der Waals surface area (Å²) < 4.78 is 0. The predicted octanol–water partition coefficient (Wildman–Crippen LogP) is 3.48. The Morgan fingerprint density at radius 3 is 2.62 bits per heavy atom. The number of anilines is 1. The fourth-order valence-electron chi connectivity index (χ4n) is 4.56. The highest BCUT2D eigenvalue weighted by molar-refractivity contribution is 6.12. The molecule has 0 radical (unpaired) electrons. The van der Waals surface area contributed by atoms with E-state index in [1.54, 1.807) is 0 Å². The fraction of sp³-hybridized carbons (Fsp3) is 0.385. The Labute approximate surface area is 188 Å². The number of nitrogens with one attached hydrogen (secondary N) is 2. The molecule has 32 heavy (non-hydrogen) atoms. The molecule has 1 aliphatic rings. The van der Waals surface area contributed by atoms with Gasteiger partial charge < -0.3 is 20.3 Å². The molecule has 6 heteroatoms. The van der Waals surface area contributed by atoms with Crippen molar-refractivity contribution in [2.24, 2.45) is 5.92 Å². The summed E-state index contributed by atoms with van der Waals surface area (Å²) in [5.74, 6) is 0.292. The lowest BCUT2D eigenvalue weighted by molar-refractivity contribution is -0.123. The number of aliphatic hydroxyl groups excluding tert-OH is 1. The van der Waals surface area contributed by atoms with Crippen LogP contribution in [0.2, 0.25) is 0 Å². The van der Waals surface area contributed by atoms with Crippen LogP contribution in [0, 0.1) is 5.92 Å². The molecule has 1 amide bonds. The van der Waals surface area contributed by atoms with E-state index in [2.05, 4.69) is 29.0 Å². The summed E-state index contributed by atoms with van der Waals surface area (Å²) in [5.41, 5.74) is 4.36. The molecular formula is C26H31N3O3. The number of ketones is 1. The maximum absolute atomic E-state index is 13.2. The number of rotatable bonds is 6. The summed E-state index contributed by atoms with van der Waals surface area (Å²) in [4.78, 5) is 31.6. The first-order valence-electron chi connectivity index (χ1n) is 11.3. The van der Waals surface area contributed by atoms with Gasteiger partial charge in [-0.3, -0.25) is 9.59 Å². The number of aromatic nitrogens is 1. The van der Waals surface area contributed by atoms with E-state index in [0.717, 1.165) is 27.7 Å². The van der Waals surface area contributed by atoms with Gasteiger partial charge in [-0.2, -0.15) is 0 Å². The molecule has 0 saturated heterocycles. The zero-order chi connectivity index (χ0) is 22.8. The number of aromatic amines is 1. The van der Waals surface area contributed by atoms with Crippen LogP contribution in [-0.2, 0) is 17.6 Å². The van der Waals surface area contributed by atoms with E-state index < -0.39 is 6.04 Å². The van der Waals surface area contributed by atoms with Gasteiger partial charge in [0, 0.05) is 35.8 Å². The van der Waals surface area contributed by atoms with Crippen molar-refractivity contribution in [3.8, 4) is 0 Å². The van der Waals surface area contributed by atoms with Gasteiger partial charge >= 0.3 is 0 Å². The molecule has 0 bridgehead atoms. The Kier molecular flexibility index (Phi) is 6.33. The van der Waals surface area contributed by atoms with Gasteiger partial charge in [0.2, 0.25) is 5.91 Å². The zero-order valence-electron chi connectivity index (χ0n) is 18.9. The van der Waals surface area contributed by atoms with Crippen molar-refractivity contribution in [2.45, 2.75) is 45.7 Å². The number of nitrogens with zero attached hydrogens (tertiary/aromatic N) is 1. The topological polar surface area (TPSA) is 85.4 Å². The third-order valence-corrected chi connectivity index (χ3v) is 6.15. The lowest BCUT2D eigenvalue weighted by atomic mass is 9.97. The number of aliphatic hydroxyl groups is 1. The zero-order valence-corrected chi connectivity index (χ0v) is 18.9. The second kappa shape index (κ2) is 9.17. The van der Waals surface area contributed by atoms with Crippen molar-refractivity contribution in [1.29, 1.82) is 0 Å². The Bertz CT molecular complexity index is 1120. The molecule has 0 aliphatic carbocycles. The van der Waals surface area contributed by atoms with Gasteiger partial charge in [0.1, 0.15) is 6.04 Å². The van der Waals surface area contributed by atoms with E-state index in [-0.39, 0.29) is 24.3 Å². The monoisotopic (exact) mass is 433 g/mol. The molecule has 3 N–H and O–H groups in total. The highest BCUT2D eigenvalue weighted by Gasteiger charge is 2.30. The van der Waals surface area contributed by atoms with Crippen LogP contribution in [0.1, 0.15) is 42.3 Å². The number of H-pyrrole nitrogens is 1. The minimum absolute atomic E-state index is 0.0485. The van der Waals surface area contributed by atoms with Gasteiger partial charge in [0.25, 0.3) is 0 Å². The van der Waals surface area contributed by atoms with Crippen LogP contribution in [0.5, 0.6) is 0 Å². The van der Waals surface area contributed by atoms with Crippen LogP contribution in [-0.4, -0.2) is 47.0 Å². The van der Waals surface area contributed by atoms with Gasteiger partial charge in [-0.05, 0) is 42.5 Å². The molecule has 3 aromatic rings. The number of benzene rings is 2. The van der Waals surface area contributed by atoms with E-state index in [1.165, 1.54) is 0 Å². The molecule has 4 rings (SSSR count). The number of Topliss-reactive ketones (excluding diaryl/α,β-unsaturated/α-hetero) is 1. The van der Waals surface area contributed by atoms with E-state index in [9.17, 15) is 14.7 Å². The molecule has 1 aliphatic heterocycles. The summed E-state index contributed by atoms with van der Waals surface area (Å²) in [6.45, 7) is 6.71. The lowest BCUT2D eigenvalue weighted by Crippen LogP contribution is -2.50. The van der Waals surface area contributed by atoms with E-state index in [0.29, 0.717) is 30.9 Å². The fourth-order valence-corrected chi connectivity index (χ4v) is 4.56. The minimum atomic E-state index is -0.402. The van der Waals surface area contributed by atoms with Crippen LogP contribution in [0.25, 0.3) is 10.9 Å². The average molecular weight is 434 g/mol. The minimum Gasteiger partial charge on any atom is -0.394 e. The smallest absolute Gasteiger partial charge is 0.242 e. The second-order valence-corrected chi connectivity index (χ2v) is 9.10. The van der Waals surface area contributed by atoms with Crippen molar-refractivity contribution in [3.05, 3.63) is 65.4 Å². The normalized spacial score (nSPS) is 18.9. The predicted molar refractivity (Wildman–Crippen MR) is 127 cm³/mol. The van der Waals surface area contributed by atoms with Crippen molar-refractivity contribution in [1.82, 2.24) is 10.3 Å². The maximum atomic E-state index is 13.2. The molecule has 0 unspecified atom stereocenters. The Balaban J connectivity index is 1.85. The van der Waals surface area contributed by atoms with Gasteiger partial charge in [-0.15, -0.1) is 0 Å². The van der Waals surface area contributed by atoms with Crippen molar-refractivity contribution in [2.75, 3.05) is 18.1 Å². The number of carbonyl (C=O) groups excluding carboxylic acids is 2. The first kappa shape index (κ1) is 22.1. The molecular weight excluding hydrogens is 402 g/mol. The van der Waals surface area contributed by atoms with Crippen LogP contribution in [0.3, 0.4) is 0 Å². The highest BCUT2D eigenvalue weighted by atomic mass is 16.3. The molecule has 2 heterocycles. The first-order chi connectivity index (χ1) is 15.4. The quantitative estimate of drug-likeness (QED) is 0.520. The molecule has 0 fully saturated rings. The maximum Gasteiger partial charge on any atom is 0.242 e. The summed E-state index contributed by atoms with van der Waals surface area (Å²) in [6.07, 6.45) is 2.73. The summed E-state index contributed by atoms with van der Waals surface area (Å²) in [5, 5.41) is 13.8. The number of hydrogen-bond acceptors (Lipinski definition) is 4. The van der Waals surface area contributed by atoms with Crippen molar-refractivity contribution in [3.63, 3.8) is 0 Å². The first-order valence-corrected chi connectivity index (χ1v) is 11.3. The molecule has 6 nitrogen and oxygen atoms in total. The van der Waals surface area contributed by atoms with E-state index >= 15 is 0 Å². The molecule has 0 saturated carbocycles. The average Bonchev–Trinajstić information content (AvgIpc) is 3.20. The summed E-state index contributed by atoms with van der Waals surface area (Å²) >= 11 is 0. The SMILES string of the molecule is CC(C)CN1c2ccc(C(=O)Cc3ccccc3)c3[nH]cc(c23)C[C@@H](CO)NC(=O)[C@@H]1C. The third kappa shape index (κ3) is 4.28. The van der Waals surface area contributed by atoms with Crippen molar-refractivity contribution < 1.29 is 14.7 Å². The molecule has 1 aromatic heterocycles. The molecule has 2 atom stereocenters. The van der Waals surface area contributed by atoms with Crippen LogP contribution < -0.4 is 10.2 Å². The Hall–Kier alpha value is -3.12. The molecule has 0 spiro atoms. The van der Waals surface area contributed by atoms with Gasteiger partial charge in [0.05, 0.1) is 18.2 Å². The summed E-state index contributed by atoms with van der Waals surface area (Å²) in [6, 6.07) is 12.8. The van der Waals surface area contributed by atoms with Crippen LogP contribution in [0.15, 0.2) is 48.7 Å². The molecule has 2 aromatic carbocycles. The van der Waals surface area contributed by atoms with Gasteiger partial charge in [-0.1, -0.05) is 44.2 Å².